The summed E-state index contributed by atoms with van der Waals surface area (Å²) < 4.78 is 0. The van der Waals surface area contributed by atoms with Gasteiger partial charge in [0.25, 0.3) is 5.91 Å². The fourth-order valence-electron chi connectivity index (χ4n) is 3.50. The number of aromatic amines is 1. The number of amides is 1. The van der Waals surface area contributed by atoms with E-state index in [1.54, 1.807) is 0 Å². The van der Waals surface area contributed by atoms with Crippen molar-refractivity contribution < 1.29 is 4.79 Å². The van der Waals surface area contributed by atoms with E-state index in [0.29, 0.717) is 12.1 Å². The number of carbonyl (C=O) groups excluding carboxylic acids is 1. The molecule has 0 atom stereocenters. The van der Waals surface area contributed by atoms with Crippen LogP contribution in [0.4, 0.5) is 0 Å². The largest absolute Gasteiger partial charge is 0.358 e. The molecule has 0 unspecified atom stereocenters. The summed E-state index contributed by atoms with van der Waals surface area (Å²) in [6.45, 7) is 4.55. The van der Waals surface area contributed by atoms with E-state index in [0.717, 1.165) is 34.2 Å². The zero-order chi connectivity index (χ0) is 18.1. The third-order valence-electron chi connectivity index (χ3n) is 4.85. The lowest BCUT2D eigenvalue weighted by Crippen LogP contribution is -2.26. The Bertz CT molecular complexity index is 1110. The number of nitrogens with one attached hydrogen (secondary N) is 2. The molecule has 0 spiro atoms. The topological polar surface area (TPSA) is 57.8 Å². The Morgan fingerprint density at radius 1 is 1.08 bits per heavy atom. The Labute approximate surface area is 152 Å². The van der Waals surface area contributed by atoms with Crippen molar-refractivity contribution in [2.45, 2.75) is 20.3 Å². The molecule has 26 heavy (non-hydrogen) atoms. The van der Waals surface area contributed by atoms with Crippen LogP contribution in [0, 0.1) is 13.8 Å². The zero-order valence-corrected chi connectivity index (χ0v) is 15.0. The number of hydrogen-bond donors (Lipinski definition) is 2. The number of hydrogen-bond acceptors (Lipinski definition) is 2. The van der Waals surface area contributed by atoms with Crippen LogP contribution >= 0.6 is 0 Å². The van der Waals surface area contributed by atoms with Crippen LogP contribution in [0.1, 0.15) is 27.3 Å². The second-order valence-corrected chi connectivity index (χ2v) is 6.59. The molecule has 0 radical (unpaired) electrons. The van der Waals surface area contributed by atoms with Crippen LogP contribution < -0.4 is 5.32 Å². The minimum absolute atomic E-state index is 0.0711. The lowest BCUT2D eigenvalue weighted by atomic mass is 10.1. The van der Waals surface area contributed by atoms with Gasteiger partial charge in [-0.1, -0.05) is 36.4 Å². The quantitative estimate of drug-likeness (QED) is 0.580. The number of benzene rings is 2. The number of pyridine rings is 1. The van der Waals surface area contributed by atoms with Crippen LogP contribution in [0.5, 0.6) is 0 Å². The molecule has 0 aliphatic carbocycles. The average Bonchev–Trinajstić information content (AvgIpc) is 2.96. The first-order valence-electron chi connectivity index (χ1n) is 8.84. The fraction of sp³-hybridized carbons (Fsp3) is 0.182. The smallest absolute Gasteiger partial charge is 0.253 e. The summed E-state index contributed by atoms with van der Waals surface area (Å²) in [6, 6.07) is 18.0. The van der Waals surface area contributed by atoms with E-state index >= 15 is 0 Å². The number of aromatic nitrogens is 2. The molecule has 2 aromatic carbocycles. The Hall–Kier alpha value is -3.14. The van der Waals surface area contributed by atoms with Crippen LogP contribution in [-0.2, 0) is 6.42 Å². The van der Waals surface area contributed by atoms with Gasteiger partial charge in [0.1, 0.15) is 0 Å². The standard InChI is InChI=1S/C22H21N3O/c1-14-17(18-8-4-6-10-21(18)25-14)11-12-23-22(26)19-13-16-7-3-5-9-20(16)24-15(19)2/h3-10,13,25H,11-12H2,1-2H3,(H,23,26). The van der Waals surface area contributed by atoms with E-state index in [-0.39, 0.29) is 5.91 Å². The molecule has 4 aromatic rings. The van der Waals surface area contributed by atoms with Crippen LogP contribution in [-0.4, -0.2) is 22.4 Å². The highest BCUT2D eigenvalue weighted by Crippen LogP contribution is 2.22. The molecule has 0 bridgehead atoms. The molecule has 0 saturated carbocycles. The molecule has 0 aliphatic rings. The van der Waals surface area contributed by atoms with Gasteiger partial charge in [-0.05, 0) is 44.0 Å². The minimum Gasteiger partial charge on any atom is -0.358 e. The summed E-state index contributed by atoms with van der Waals surface area (Å²) in [6.07, 6.45) is 0.793. The van der Waals surface area contributed by atoms with E-state index in [2.05, 4.69) is 34.3 Å². The van der Waals surface area contributed by atoms with Crippen LogP contribution in [0.3, 0.4) is 0 Å². The van der Waals surface area contributed by atoms with E-state index in [4.69, 9.17) is 0 Å². The van der Waals surface area contributed by atoms with Crippen LogP contribution in [0.25, 0.3) is 21.8 Å². The predicted octanol–water partition coefficient (Wildman–Crippen LogP) is 4.31. The number of carbonyl (C=O) groups is 1. The molecule has 2 aromatic heterocycles. The Morgan fingerprint density at radius 2 is 1.85 bits per heavy atom. The maximum absolute atomic E-state index is 12.6. The van der Waals surface area contributed by atoms with Crippen molar-refractivity contribution in [3.8, 4) is 0 Å². The summed E-state index contributed by atoms with van der Waals surface area (Å²) in [7, 11) is 0. The number of fused-ring (bicyclic) bond motifs is 2. The SMILES string of the molecule is Cc1nc2ccccc2cc1C(=O)NCCc1c(C)[nH]c2ccccc12. The lowest BCUT2D eigenvalue weighted by Gasteiger charge is -2.09. The maximum Gasteiger partial charge on any atom is 0.253 e. The number of rotatable bonds is 4. The monoisotopic (exact) mass is 343 g/mol. The van der Waals surface area contributed by atoms with E-state index < -0.39 is 0 Å². The van der Waals surface area contributed by atoms with Gasteiger partial charge in [0.15, 0.2) is 0 Å². The van der Waals surface area contributed by atoms with Gasteiger partial charge in [0, 0.05) is 28.5 Å². The maximum atomic E-state index is 12.6. The third-order valence-corrected chi connectivity index (χ3v) is 4.85. The molecular weight excluding hydrogens is 322 g/mol. The Morgan fingerprint density at radius 3 is 2.73 bits per heavy atom. The molecule has 4 nitrogen and oxygen atoms in total. The molecule has 2 N–H and O–H groups in total. The van der Waals surface area contributed by atoms with Crippen molar-refractivity contribution in [3.05, 3.63) is 77.1 Å². The molecule has 130 valence electrons. The number of aryl methyl sites for hydroxylation is 2. The molecule has 0 aliphatic heterocycles. The molecule has 4 heteroatoms. The van der Waals surface area contributed by atoms with Gasteiger partial charge in [-0.25, -0.2) is 0 Å². The molecule has 1 amide bonds. The van der Waals surface area contributed by atoms with Gasteiger partial charge < -0.3 is 10.3 Å². The van der Waals surface area contributed by atoms with Gasteiger partial charge in [-0.15, -0.1) is 0 Å². The summed E-state index contributed by atoms with van der Waals surface area (Å²) in [4.78, 5) is 20.6. The summed E-state index contributed by atoms with van der Waals surface area (Å²) in [5.74, 6) is -0.0711. The van der Waals surface area contributed by atoms with Gasteiger partial charge in [0.05, 0.1) is 16.8 Å². The Balaban J connectivity index is 1.50. The van der Waals surface area contributed by atoms with Crippen molar-refractivity contribution in [3.63, 3.8) is 0 Å². The summed E-state index contributed by atoms with van der Waals surface area (Å²) in [5, 5.41) is 5.25. The molecule has 4 rings (SSSR count). The van der Waals surface area contributed by atoms with Gasteiger partial charge in [-0.2, -0.15) is 0 Å². The molecule has 0 fully saturated rings. The number of nitrogens with zero attached hydrogens (tertiary/aromatic N) is 1. The van der Waals surface area contributed by atoms with Crippen LogP contribution in [0.2, 0.25) is 0 Å². The first-order valence-corrected chi connectivity index (χ1v) is 8.84. The van der Waals surface area contributed by atoms with Crippen molar-refractivity contribution in [1.82, 2.24) is 15.3 Å². The first-order chi connectivity index (χ1) is 12.6. The molecule has 0 saturated heterocycles. The van der Waals surface area contributed by atoms with Crippen molar-refractivity contribution in [1.29, 1.82) is 0 Å². The second kappa shape index (κ2) is 6.64. The summed E-state index contributed by atoms with van der Waals surface area (Å²) >= 11 is 0. The van der Waals surface area contributed by atoms with Gasteiger partial charge in [0.2, 0.25) is 0 Å². The lowest BCUT2D eigenvalue weighted by molar-refractivity contribution is 0.0953. The summed E-state index contributed by atoms with van der Waals surface area (Å²) in [5.41, 5.74) is 5.86. The highest BCUT2D eigenvalue weighted by atomic mass is 16.1. The number of H-pyrrole nitrogens is 1. The van der Waals surface area contributed by atoms with Crippen molar-refractivity contribution >= 4 is 27.7 Å². The van der Waals surface area contributed by atoms with Crippen molar-refractivity contribution in [2.24, 2.45) is 0 Å². The second-order valence-electron chi connectivity index (χ2n) is 6.59. The van der Waals surface area contributed by atoms with E-state index in [1.807, 2.05) is 49.4 Å². The van der Waals surface area contributed by atoms with Gasteiger partial charge in [-0.3, -0.25) is 9.78 Å². The minimum atomic E-state index is -0.0711. The highest BCUT2D eigenvalue weighted by Gasteiger charge is 2.12. The van der Waals surface area contributed by atoms with E-state index in [1.165, 1.54) is 10.9 Å². The fourth-order valence-corrected chi connectivity index (χ4v) is 3.50. The molecular formula is C22H21N3O. The zero-order valence-electron chi connectivity index (χ0n) is 15.0. The first kappa shape index (κ1) is 16.3. The van der Waals surface area contributed by atoms with E-state index in [9.17, 15) is 4.79 Å². The predicted molar refractivity (Wildman–Crippen MR) is 106 cm³/mol. The number of para-hydroxylation sites is 2. The van der Waals surface area contributed by atoms with Crippen molar-refractivity contribution in [2.75, 3.05) is 6.54 Å². The van der Waals surface area contributed by atoms with Gasteiger partial charge >= 0.3 is 0 Å². The normalized spacial score (nSPS) is 11.2. The highest BCUT2D eigenvalue weighted by molar-refractivity contribution is 5.98. The average molecular weight is 343 g/mol. The molecule has 2 heterocycles. The Kier molecular flexibility index (Phi) is 4.17. The third kappa shape index (κ3) is 2.94. The van der Waals surface area contributed by atoms with Crippen LogP contribution in [0.15, 0.2) is 54.6 Å².